The molecule has 0 amide bonds. The van der Waals surface area contributed by atoms with Crippen molar-refractivity contribution in [2.24, 2.45) is 13.0 Å². The maximum Gasteiger partial charge on any atom is 0.414 e. The summed E-state index contributed by atoms with van der Waals surface area (Å²) in [6.07, 6.45) is -0.928. The third-order valence-corrected chi connectivity index (χ3v) is 6.77. The van der Waals surface area contributed by atoms with Gasteiger partial charge in [-0.1, -0.05) is 17.7 Å². The number of methoxy groups -OCH3 is 1. The molecule has 3 aromatic rings. The van der Waals surface area contributed by atoms with E-state index in [1.54, 1.807) is 37.6 Å². The lowest BCUT2D eigenvalue weighted by atomic mass is 10.0. The molecule has 0 bridgehead atoms. The molecule has 0 radical (unpaired) electrons. The number of hydrogen-bond donors (Lipinski definition) is 0. The quantitative estimate of drug-likeness (QED) is 0.336. The Labute approximate surface area is 201 Å². The summed E-state index contributed by atoms with van der Waals surface area (Å²) in [5.41, 5.74) is 2.18. The van der Waals surface area contributed by atoms with E-state index in [1.165, 1.54) is 9.36 Å². The molecular formula is C22H21BrClF3N4O2. The number of aryl methyl sites for hydroxylation is 1. The van der Waals surface area contributed by atoms with Crippen LogP contribution in [0.4, 0.5) is 13.2 Å². The Hall–Kier alpha value is -2.17. The molecule has 0 saturated heterocycles. The number of carbonyl (C=O) groups excluding carboxylic acids is 1. The van der Waals surface area contributed by atoms with Gasteiger partial charge in [-0.15, -0.1) is 0 Å². The fourth-order valence-corrected chi connectivity index (χ4v) is 4.53. The van der Waals surface area contributed by atoms with E-state index in [9.17, 15) is 18.0 Å². The van der Waals surface area contributed by atoms with E-state index in [2.05, 4.69) is 30.9 Å². The van der Waals surface area contributed by atoms with Crippen LogP contribution in [0.25, 0.3) is 16.9 Å². The van der Waals surface area contributed by atoms with Gasteiger partial charge in [0.05, 0.1) is 21.4 Å². The second-order valence-electron chi connectivity index (χ2n) is 8.12. The highest BCUT2D eigenvalue weighted by molar-refractivity contribution is 9.10. The van der Waals surface area contributed by atoms with Crippen LogP contribution in [0.1, 0.15) is 35.3 Å². The molecule has 0 spiro atoms. The molecule has 0 N–H and O–H groups in total. The number of rotatable bonds is 8. The molecule has 0 aliphatic heterocycles. The van der Waals surface area contributed by atoms with Gasteiger partial charge in [-0.25, -0.2) is 9.36 Å². The summed E-state index contributed by atoms with van der Waals surface area (Å²) >= 11 is 9.63. The summed E-state index contributed by atoms with van der Waals surface area (Å²) in [6, 6.07) is 5.24. The number of alkyl halides is 3. The van der Waals surface area contributed by atoms with Crippen LogP contribution in [-0.4, -0.2) is 44.7 Å². The maximum absolute atomic E-state index is 13.1. The van der Waals surface area contributed by atoms with E-state index in [1.807, 2.05) is 0 Å². The number of aromatic nitrogens is 4. The monoisotopic (exact) mass is 544 g/mol. The largest absolute Gasteiger partial charge is 0.414 e. The average molecular weight is 546 g/mol. The van der Waals surface area contributed by atoms with Crippen LogP contribution in [0.2, 0.25) is 5.02 Å². The van der Waals surface area contributed by atoms with Gasteiger partial charge in [0.25, 0.3) is 0 Å². The van der Waals surface area contributed by atoms with E-state index in [-0.39, 0.29) is 11.5 Å². The van der Waals surface area contributed by atoms with Crippen molar-refractivity contribution in [1.29, 1.82) is 0 Å². The molecule has 1 aliphatic rings. The number of hydrogen-bond acceptors (Lipinski definition) is 4. The zero-order valence-corrected chi connectivity index (χ0v) is 20.2. The summed E-state index contributed by atoms with van der Waals surface area (Å²) in [4.78, 5) is 12.6. The van der Waals surface area contributed by atoms with Crippen LogP contribution in [0.15, 0.2) is 35.1 Å². The van der Waals surface area contributed by atoms with E-state index >= 15 is 0 Å². The third-order valence-electron chi connectivity index (χ3n) is 5.63. The van der Waals surface area contributed by atoms with Crippen LogP contribution in [0, 0.1) is 5.92 Å². The summed E-state index contributed by atoms with van der Waals surface area (Å²) in [6.45, 7) is 0. The lowest BCUT2D eigenvalue weighted by molar-refractivity contribution is -0.212. The molecule has 1 aliphatic carbocycles. The zero-order chi connectivity index (χ0) is 23.9. The van der Waals surface area contributed by atoms with Gasteiger partial charge in [-0.2, -0.15) is 23.4 Å². The van der Waals surface area contributed by atoms with Crippen LogP contribution in [-0.2, 0) is 18.2 Å². The third kappa shape index (κ3) is 5.17. The second kappa shape index (κ2) is 9.23. The SMILES string of the molecule is COC(Cc1nn(C)c(-n2cc(-c3ccc(Cl)c(C(=O)CC4CC4)c3)cn2)c1Br)C(F)(F)F. The van der Waals surface area contributed by atoms with Crippen LogP contribution in [0.3, 0.4) is 0 Å². The molecule has 2 heterocycles. The lowest BCUT2D eigenvalue weighted by Crippen LogP contribution is -2.32. The fraction of sp³-hybridized carbons (Fsp3) is 0.409. The average Bonchev–Trinajstić information content (AvgIpc) is 3.35. The molecule has 1 fully saturated rings. The van der Waals surface area contributed by atoms with Crippen LogP contribution in [0.5, 0.6) is 0 Å². The van der Waals surface area contributed by atoms with Crippen molar-refractivity contribution in [1.82, 2.24) is 19.6 Å². The Morgan fingerprint density at radius 1 is 1.33 bits per heavy atom. The molecule has 6 nitrogen and oxygen atoms in total. The van der Waals surface area contributed by atoms with Crippen molar-refractivity contribution in [3.05, 3.63) is 51.3 Å². The predicted octanol–water partition coefficient (Wildman–Crippen LogP) is 5.79. The molecule has 1 unspecified atom stereocenters. The molecule has 11 heteroatoms. The van der Waals surface area contributed by atoms with E-state index < -0.39 is 18.7 Å². The molecule has 1 aromatic carbocycles. The Bertz CT molecular complexity index is 1190. The van der Waals surface area contributed by atoms with E-state index in [0.717, 1.165) is 31.1 Å². The van der Waals surface area contributed by atoms with Crippen molar-refractivity contribution in [3.8, 4) is 16.9 Å². The van der Waals surface area contributed by atoms with Crippen molar-refractivity contribution >= 4 is 33.3 Å². The summed E-state index contributed by atoms with van der Waals surface area (Å²) in [5, 5.41) is 8.99. The Kier molecular flexibility index (Phi) is 6.70. The van der Waals surface area contributed by atoms with Gasteiger partial charge in [0.15, 0.2) is 17.7 Å². The van der Waals surface area contributed by atoms with Gasteiger partial charge in [-0.3, -0.25) is 4.79 Å². The minimum Gasteiger partial charge on any atom is -0.372 e. The van der Waals surface area contributed by atoms with Gasteiger partial charge >= 0.3 is 6.18 Å². The highest BCUT2D eigenvalue weighted by atomic mass is 79.9. The van der Waals surface area contributed by atoms with Crippen LogP contribution >= 0.6 is 27.5 Å². The summed E-state index contributed by atoms with van der Waals surface area (Å²) < 4.78 is 47.3. The Balaban J connectivity index is 1.61. The Morgan fingerprint density at radius 2 is 2.06 bits per heavy atom. The molecule has 1 atom stereocenters. The van der Waals surface area contributed by atoms with E-state index in [4.69, 9.17) is 11.6 Å². The fourth-order valence-electron chi connectivity index (χ4n) is 3.63. The van der Waals surface area contributed by atoms with Gasteiger partial charge in [0, 0.05) is 44.3 Å². The molecular weight excluding hydrogens is 525 g/mol. The molecule has 33 heavy (non-hydrogen) atoms. The smallest absolute Gasteiger partial charge is 0.372 e. The molecule has 4 rings (SSSR count). The van der Waals surface area contributed by atoms with Crippen molar-refractivity contribution in [3.63, 3.8) is 0 Å². The maximum atomic E-state index is 13.1. The minimum absolute atomic E-state index is 0.0214. The van der Waals surface area contributed by atoms with E-state index in [0.29, 0.717) is 33.2 Å². The van der Waals surface area contributed by atoms with Crippen LogP contribution < -0.4 is 0 Å². The first kappa shape index (κ1) is 24.0. The number of carbonyl (C=O) groups is 1. The first-order valence-electron chi connectivity index (χ1n) is 10.3. The van der Waals surface area contributed by atoms with Crippen molar-refractivity contribution in [2.75, 3.05) is 7.11 Å². The zero-order valence-electron chi connectivity index (χ0n) is 17.9. The van der Waals surface area contributed by atoms with Gasteiger partial charge < -0.3 is 4.74 Å². The topological polar surface area (TPSA) is 61.9 Å². The van der Waals surface area contributed by atoms with Gasteiger partial charge in [0.1, 0.15) is 0 Å². The highest BCUT2D eigenvalue weighted by Gasteiger charge is 2.41. The van der Waals surface area contributed by atoms with Crippen molar-refractivity contribution in [2.45, 2.75) is 38.0 Å². The number of ether oxygens (including phenoxy) is 1. The molecule has 176 valence electrons. The normalized spacial score (nSPS) is 15.1. The highest BCUT2D eigenvalue weighted by Crippen LogP contribution is 2.36. The number of ketones is 1. The van der Waals surface area contributed by atoms with Gasteiger partial charge in [-0.05, 0) is 52.4 Å². The number of Topliss-reactive ketones (excluding diaryl/α,β-unsaturated/α-hetero) is 1. The number of nitrogens with zero attached hydrogens (tertiary/aromatic N) is 4. The lowest BCUT2D eigenvalue weighted by Gasteiger charge is -2.17. The Morgan fingerprint density at radius 3 is 2.70 bits per heavy atom. The van der Waals surface area contributed by atoms with Crippen molar-refractivity contribution < 1.29 is 22.7 Å². The summed E-state index contributed by atoms with van der Waals surface area (Å²) in [7, 11) is 2.64. The minimum atomic E-state index is -4.51. The predicted molar refractivity (Wildman–Crippen MR) is 121 cm³/mol. The first-order valence-corrected chi connectivity index (χ1v) is 11.4. The second-order valence-corrected chi connectivity index (χ2v) is 9.32. The summed E-state index contributed by atoms with van der Waals surface area (Å²) in [5.74, 6) is 0.937. The first-order chi connectivity index (χ1) is 15.6. The number of halogens is 5. The molecule has 2 aromatic heterocycles. The number of benzene rings is 1. The standard InChI is InChI=1S/C22H21BrClF3N4O2/c1-30-21(20(23)17(29-30)9-19(33-2)22(25,26)27)31-11-14(10-28-31)13-5-6-16(24)15(8-13)18(32)7-12-3-4-12/h5-6,8,10-12,19H,3-4,7,9H2,1-2H3. The van der Waals surface area contributed by atoms with Gasteiger partial charge in [0.2, 0.25) is 0 Å². The molecule has 1 saturated carbocycles.